The van der Waals surface area contributed by atoms with Crippen LogP contribution in [0.15, 0.2) is 0 Å². The minimum atomic E-state index is -0.944. The number of primary amides is 1. The van der Waals surface area contributed by atoms with Gasteiger partial charge >= 0.3 is 12.0 Å². The number of nitrogens with two attached hydrogens (primary N) is 1. The van der Waals surface area contributed by atoms with Crippen molar-refractivity contribution in [1.29, 1.82) is 0 Å². The summed E-state index contributed by atoms with van der Waals surface area (Å²) in [5, 5.41) is 14.0. The molecule has 3 amide bonds. The van der Waals surface area contributed by atoms with Gasteiger partial charge in [-0.2, -0.15) is 0 Å². The monoisotopic (exact) mass is 273 g/mol. The van der Waals surface area contributed by atoms with Crippen molar-refractivity contribution >= 4 is 17.9 Å². The van der Waals surface area contributed by atoms with Crippen LogP contribution in [0.5, 0.6) is 0 Å². The third-order valence-electron chi connectivity index (χ3n) is 2.65. The van der Waals surface area contributed by atoms with Crippen molar-refractivity contribution in [3.8, 4) is 0 Å². The Balaban J connectivity index is 3.87. The van der Waals surface area contributed by atoms with E-state index < -0.39 is 12.0 Å². The Morgan fingerprint density at radius 2 is 1.84 bits per heavy atom. The zero-order chi connectivity index (χ0) is 14.8. The van der Waals surface area contributed by atoms with Gasteiger partial charge in [0.1, 0.15) is 0 Å². The molecule has 0 rings (SSSR count). The van der Waals surface area contributed by atoms with E-state index in [1.807, 2.05) is 13.8 Å². The second-order valence-corrected chi connectivity index (χ2v) is 4.77. The average Bonchev–Trinajstić information content (AvgIpc) is 2.26. The zero-order valence-corrected chi connectivity index (χ0v) is 11.4. The standard InChI is InChI=1S/C12H23N3O4/c1-8(2)9(7-11(17)18)15-12(19)14-6-4-3-5-10(13)16/h8-9H,3-7H2,1-2H3,(H2,13,16)(H,17,18)(H2,14,15,19). The fourth-order valence-electron chi connectivity index (χ4n) is 1.49. The number of urea groups is 1. The maximum atomic E-state index is 11.5. The Morgan fingerprint density at radius 1 is 1.21 bits per heavy atom. The van der Waals surface area contributed by atoms with E-state index in [-0.39, 0.29) is 24.3 Å². The quantitative estimate of drug-likeness (QED) is 0.455. The van der Waals surface area contributed by atoms with Gasteiger partial charge in [-0.25, -0.2) is 4.79 Å². The summed E-state index contributed by atoms with van der Waals surface area (Å²) in [4.78, 5) is 32.7. The Hall–Kier alpha value is -1.79. The molecule has 7 heteroatoms. The van der Waals surface area contributed by atoms with Crippen LogP contribution in [0.25, 0.3) is 0 Å². The minimum Gasteiger partial charge on any atom is -0.481 e. The van der Waals surface area contributed by atoms with Crippen molar-refractivity contribution in [2.45, 2.75) is 45.6 Å². The number of carbonyl (C=O) groups is 3. The highest BCUT2D eigenvalue weighted by molar-refractivity contribution is 5.75. The van der Waals surface area contributed by atoms with Crippen LogP contribution in [0.3, 0.4) is 0 Å². The van der Waals surface area contributed by atoms with Crippen molar-refractivity contribution in [1.82, 2.24) is 10.6 Å². The topological polar surface area (TPSA) is 122 Å². The fraction of sp³-hybridized carbons (Fsp3) is 0.750. The number of hydrogen-bond donors (Lipinski definition) is 4. The smallest absolute Gasteiger partial charge is 0.315 e. The lowest BCUT2D eigenvalue weighted by Gasteiger charge is -2.20. The molecule has 0 aliphatic heterocycles. The van der Waals surface area contributed by atoms with Crippen molar-refractivity contribution < 1.29 is 19.5 Å². The normalized spacial score (nSPS) is 11.9. The van der Waals surface area contributed by atoms with Crippen molar-refractivity contribution in [2.24, 2.45) is 11.7 Å². The molecule has 0 aliphatic carbocycles. The number of carboxylic acids is 1. The Kier molecular flexibility index (Phi) is 8.32. The predicted molar refractivity (Wildman–Crippen MR) is 70.5 cm³/mol. The van der Waals surface area contributed by atoms with Crippen LogP contribution in [0, 0.1) is 5.92 Å². The van der Waals surface area contributed by atoms with Gasteiger partial charge in [-0.1, -0.05) is 13.8 Å². The van der Waals surface area contributed by atoms with Gasteiger partial charge in [0.2, 0.25) is 5.91 Å². The molecule has 19 heavy (non-hydrogen) atoms. The van der Waals surface area contributed by atoms with Gasteiger partial charge in [0.25, 0.3) is 0 Å². The van der Waals surface area contributed by atoms with Crippen molar-refractivity contribution in [3.63, 3.8) is 0 Å². The maximum Gasteiger partial charge on any atom is 0.315 e. The SMILES string of the molecule is CC(C)C(CC(=O)O)NC(=O)NCCCCC(N)=O. The van der Waals surface area contributed by atoms with Crippen molar-refractivity contribution in [3.05, 3.63) is 0 Å². The molecule has 0 radical (unpaired) electrons. The molecule has 0 aromatic rings. The van der Waals surface area contributed by atoms with E-state index in [1.165, 1.54) is 0 Å². The number of rotatable bonds is 9. The van der Waals surface area contributed by atoms with Crippen LogP contribution in [-0.4, -0.2) is 35.6 Å². The van der Waals surface area contributed by atoms with E-state index in [1.54, 1.807) is 0 Å². The van der Waals surface area contributed by atoms with Crippen LogP contribution in [0.1, 0.15) is 39.5 Å². The van der Waals surface area contributed by atoms with Crippen LogP contribution in [0.4, 0.5) is 4.79 Å². The van der Waals surface area contributed by atoms with Crippen LogP contribution < -0.4 is 16.4 Å². The molecule has 0 saturated carbocycles. The summed E-state index contributed by atoms with van der Waals surface area (Å²) in [6.45, 7) is 4.12. The van der Waals surface area contributed by atoms with E-state index in [0.717, 1.165) is 0 Å². The number of amides is 3. The number of aliphatic carboxylic acids is 1. The number of hydrogen-bond acceptors (Lipinski definition) is 3. The first-order chi connectivity index (χ1) is 8.82. The second-order valence-electron chi connectivity index (χ2n) is 4.77. The third kappa shape index (κ3) is 9.87. The van der Waals surface area contributed by atoms with E-state index in [9.17, 15) is 14.4 Å². The van der Waals surface area contributed by atoms with Gasteiger partial charge in [-0.05, 0) is 18.8 Å². The molecule has 1 unspecified atom stereocenters. The Bertz CT molecular complexity index is 318. The van der Waals surface area contributed by atoms with Gasteiger partial charge in [-0.15, -0.1) is 0 Å². The third-order valence-corrected chi connectivity index (χ3v) is 2.65. The highest BCUT2D eigenvalue weighted by atomic mass is 16.4. The van der Waals surface area contributed by atoms with Gasteiger partial charge in [0, 0.05) is 19.0 Å². The van der Waals surface area contributed by atoms with Crippen LogP contribution >= 0.6 is 0 Å². The Labute approximate surface area is 112 Å². The summed E-state index contributed by atoms with van der Waals surface area (Å²) >= 11 is 0. The van der Waals surface area contributed by atoms with Crippen molar-refractivity contribution in [2.75, 3.05) is 6.54 Å². The van der Waals surface area contributed by atoms with E-state index in [0.29, 0.717) is 25.8 Å². The molecule has 0 spiro atoms. The molecule has 0 aliphatic rings. The summed E-state index contributed by atoms with van der Waals surface area (Å²) in [5.41, 5.74) is 4.99. The molecular weight excluding hydrogens is 250 g/mol. The molecule has 0 bridgehead atoms. The largest absolute Gasteiger partial charge is 0.481 e. The minimum absolute atomic E-state index is 0.0386. The zero-order valence-electron chi connectivity index (χ0n) is 11.4. The van der Waals surface area contributed by atoms with E-state index in [2.05, 4.69) is 10.6 Å². The lowest BCUT2D eigenvalue weighted by molar-refractivity contribution is -0.137. The first-order valence-corrected chi connectivity index (χ1v) is 6.37. The molecule has 0 fully saturated rings. The predicted octanol–water partition coefficient (Wildman–Crippen LogP) is 0.441. The molecule has 7 nitrogen and oxygen atoms in total. The number of carboxylic acid groups (broad SMARTS) is 1. The summed E-state index contributed by atoms with van der Waals surface area (Å²) in [7, 11) is 0. The lowest BCUT2D eigenvalue weighted by atomic mass is 10.0. The summed E-state index contributed by atoms with van der Waals surface area (Å²) in [6.07, 6.45) is 1.48. The van der Waals surface area contributed by atoms with E-state index >= 15 is 0 Å². The summed E-state index contributed by atoms with van der Waals surface area (Å²) in [6, 6.07) is -0.790. The number of nitrogens with one attached hydrogen (secondary N) is 2. The first kappa shape index (κ1) is 17.2. The first-order valence-electron chi connectivity index (χ1n) is 6.37. The summed E-state index contributed by atoms with van der Waals surface area (Å²) in [5.74, 6) is -1.26. The van der Waals surface area contributed by atoms with Crippen LogP contribution in [0.2, 0.25) is 0 Å². The molecule has 0 saturated heterocycles. The van der Waals surface area contributed by atoms with E-state index in [4.69, 9.17) is 10.8 Å². The molecular formula is C12H23N3O4. The highest BCUT2D eigenvalue weighted by Crippen LogP contribution is 2.05. The molecule has 0 aromatic heterocycles. The van der Waals surface area contributed by atoms with Gasteiger partial charge in [-0.3, -0.25) is 9.59 Å². The lowest BCUT2D eigenvalue weighted by Crippen LogP contribution is -2.45. The van der Waals surface area contributed by atoms with Gasteiger partial charge in [0.05, 0.1) is 6.42 Å². The molecule has 0 aromatic carbocycles. The van der Waals surface area contributed by atoms with Gasteiger partial charge < -0.3 is 21.5 Å². The maximum absolute atomic E-state index is 11.5. The highest BCUT2D eigenvalue weighted by Gasteiger charge is 2.18. The number of carbonyl (C=O) groups excluding carboxylic acids is 2. The molecule has 1 atom stereocenters. The average molecular weight is 273 g/mol. The van der Waals surface area contributed by atoms with Crippen LogP contribution in [-0.2, 0) is 9.59 Å². The summed E-state index contributed by atoms with van der Waals surface area (Å²) < 4.78 is 0. The molecule has 110 valence electrons. The van der Waals surface area contributed by atoms with Gasteiger partial charge in [0.15, 0.2) is 0 Å². The fourth-order valence-corrected chi connectivity index (χ4v) is 1.49. The Morgan fingerprint density at radius 3 is 2.32 bits per heavy atom. The molecule has 0 heterocycles. The second kappa shape index (κ2) is 9.18. The number of unbranched alkanes of at least 4 members (excludes halogenated alkanes) is 1. The molecule has 5 N–H and O–H groups in total.